The molecule has 0 N–H and O–H groups in total. The standard InChI is InChI=1S/C24H26N2O5/c1-17-15-21(18(2)26(17)13-8-14-29-3)22(27)16-30-24(28)20-11-7-12-25-23(20)31-19-9-5-4-6-10-19/h4-7,9-12,15H,8,13-14,16H2,1-3H3. The molecule has 0 aliphatic rings. The van der Waals surface area contributed by atoms with Gasteiger partial charge in [0.05, 0.1) is 0 Å². The van der Waals surface area contributed by atoms with Crippen molar-refractivity contribution in [1.82, 2.24) is 9.55 Å². The van der Waals surface area contributed by atoms with Gasteiger partial charge in [-0.05, 0) is 50.6 Å². The number of hydrogen-bond acceptors (Lipinski definition) is 6. The summed E-state index contributed by atoms with van der Waals surface area (Å²) >= 11 is 0. The van der Waals surface area contributed by atoms with Gasteiger partial charge in [-0.3, -0.25) is 4.79 Å². The van der Waals surface area contributed by atoms with Crippen LogP contribution >= 0.6 is 0 Å². The van der Waals surface area contributed by atoms with Crippen molar-refractivity contribution < 1.29 is 23.8 Å². The summed E-state index contributed by atoms with van der Waals surface area (Å²) in [6.07, 6.45) is 2.37. The van der Waals surface area contributed by atoms with Gasteiger partial charge in [-0.2, -0.15) is 0 Å². The highest BCUT2D eigenvalue weighted by Gasteiger charge is 2.20. The Bertz CT molecular complexity index is 1040. The molecule has 0 radical (unpaired) electrons. The van der Waals surface area contributed by atoms with Gasteiger partial charge < -0.3 is 18.8 Å². The molecule has 0 saturated heterocycles. The molecule has 162 valence electrons. The topological polar surface area (TPSA) is 79.7 Å². The average Bonchev–Trinajstić information content (AvgIpc) is 3.07. The first kappa shape index (κ1) is 22.2. The van der Waals surface area contributed by atoms with Gasteiger partial charge in [-0.1, -0.05) is 18.2 Å². The van der Waals surface area contributed by atoms with Gasteiger partial charge in [-0.15, -0.1) is 0 Å². The first-order valence-corrected chi connectivity index (χ1v) is 10.0. The number of nitrogens with zero attached hydrogens (tertiary/aromatic N) is 2. The monoisotopic (exact) mass is 422 g/mol. The molecule has 7 nitrogen and oxygen atoms in total. The average molecular weight is 422 g/mol. The molecular formula is C24H26N2O5. The Morgan fingerprint density at radius 3 is 2.55 bits per heavy atom. The van der Waals surface area contributed by atoms with Crippen LogP contribution in [0, 0.1) is 13.8 Å². The highest BCUT2D eigenvalue weighted by molar-refractivity contribution is 6.00. The lowest BCUT2D eigenvalue weighted by molar-refractivity contribution is 0.0471. The van der Waals surface area contributed by atoms with E-state index in [1.165, 1.54) is 6.20 Å². The second kappa shape index (κ2) is 10.5. The van der Waals surface area contributed by atoms with Gasteiger partial charge in [0.25, 0.3) is 0 Å². The largest absolute Gasteiger partial charge is 0.454 e. The molecule has 0 saturated carbocycles. The third-order valence-corrected chi connectivity index (χ3v) is 4.89. The predicted octanol–water partition coefficient (Wildman–Crippen LogP) is 4.37. The fraction of sp³-hybridized carbons (Fsp3) is 0.292. The summed E-state index contributed by atoms with van der Waals surface area (Å²) in [6, 6.07) is 14.0. The fourth-order valence-corrected chi connectivity index (χ4v) is 3.31. The lowest BCUT2D eigenvalue weighted by atomic mass is 10.1. The van der Waals surface area contributed by atoms with Gasteiger partial charge in [0.2, 0.25) is 11.7 Å². The highest BCUT2D eigenvalue weighted by Crippen LogP contribution is 2.23. The third kappa shape index (κ3) is 5.58. The molecule has 2 aromatic heterocycles. The van der Waals surface area contributed by atoms with Crippen LogP contribution in [0.3, 0.4) is 0 Å². The Labute approximate surface area is 181 Å². The SMILES string of the molecule is COCCCn1c(C)cc(C(=O)COC(=O)c2cccnc2Oc2ccccc2)c1C. The van der Waals surface area contributed by atoms with Crippen molar-refractivity contribution in [3.8, 4) is 11.6 Å². The van der Waals surface area contributed by atoms with E-state index in [9.17, 15) is 9.59 Å². The number of hydrogen-bond donors (Lipinski definition) is 0. The number of benzene rings is 1. The Hall–Kier alpha value is -3.45. The minimum atomic E-state index is -0.665. The summed E-state index contributed by atoms with van der Waals surface area (Å²) < 4.78 is 18.2. The van der Waals surface area contributed by atoms with Crippen LogP contribution in [0.5, 0.6) is 11.6 Å². The molecule has 1 aromatic carbocycles. The molecule has 0 spiro atoms. The second-order valence-corrected chi connectivity index (χ2v) is 7.05. The van der Waals surface area contributed by atoms with Crippen LogP contribution in [0.1, 0.15) is 38.5 Å². The molecule has 0 unspecified atom stereocenters. The van der Waals surface area contributed by atoms with Gasteiger partial charge in [0.1, 0.15) is 11.3 Å². The number of methoxy groups -OCH3 is 1. The molecule has 0 bridgehead atoms. The molecule has 0 aliphatic carbocycles. The maximum atomic E-state index is 12.7. The van der Waals surface area contributed by atoms with Crippen molar-refractivity contribution in [3.05, 3.63) is 77.2 Å². The van der Waals surface area contributed by atoms with Crippen LogP contribution in [0.15, 0.2) is 54.7 Å². The summed E-state index contributed by atoms with van der Waals surface area (Å²) in [5.41, 5.74) is 2.54. The Morgan fingerprint density at radius 1 is 1.03 bits per heavy atom. The molecular weight excluding hydrogens is 396 g/mol. The van der Waals surface area contributed by atoms with Crippen LogP contribution in [-0.4, -0.2) is 41.6 Å². The zero-order chi connectivity index (χ0) is 22.2. The molecule has 31 heavy (non-hydrogen) atoms. The number of ketones is 1. The van der Waals surface area contributed by atoms with E-state index >= 15 is 0 Å². The normalized spacial score (nSPS) is 10.7. The summed E-state index contributed by atoms with van der Waals surface area (Å²) in [5.74, 6) is -0.246. The third-order valence-electron chi connectivity index (χ3n) is 4.89. The van der Waals surface area contributed by atoms with Crippen LogP contribution in [-0.2, 0) is 16.0 Å². The number of esters is 1. The number of Topliss-reactive ketones (excluding diaryl/α,β-unsaturated/α-hetero) is 1. The minimum absolute atomic E-state index is 0.127. The number of carbonyl (C=O) groups is 2. The molecule has 0 aliphatic heterocycles. The first-order valence-electron chi connectivity index (χ1n) is 10.0. The smallest absolute Gasteiger partial charge is 0.344 e. The van der Waals surface area contributed by atoms with E-state index < -0.39 is 5.97 Å². The summed E-state index contributed by atoms with van der Waals surface area (Å²) in [4.78, 5) is 29.4. The molecule has 3 aromatic rings. The van der Waals surface area contributed by atoms with E-state index in [0.717, 1.165) is 24.4 Å². The number of aromatic nitrogens is 2. The summed E-state index contributed by atoms with van der Waals surface area (Å²) in [5, 5.41) is 0. The number of pyridine rings is 1. The maximum Gasteiger partial charge on any atom is 0.344 e. The highest BCUT2D eigenvalue weighted by atomic mass is 16.5. The van der Waals surface area contributed by atoms with E-state index in [0.29, 0.717) is 17.9 Å². The molecule has 7 heteroatoms. The molecule has 0 amide bonds. The van der Waals surface area contributed by atoms with E-state index in [1.807, 2.05) is 38.1 Å². The second-order valence-electron chi connectivity index (χ2n) is 7.05. The molecule has 0 atom stereocenters. The van der Waals surface area contributed by atoms with Crippen LogP contribution in [0.4, 0.5) is 0 Å². The van der Waals surface area contributed by atoms with E-state index in [2.05, 4.69) is 9.55 Å². The van der Waals surface area contributed by atoms with Crippen molar-refractivity contribution in [2.45, 2.75) is 26.8 Å². The van der Waals surface area contributed by atoms with Crippen LogP contribution < -0.4 is 4.74 Å². The quantitative estimate of drug-likeness (QED) is 0.274. The Kier molecular flexibility index (Phi) is 7.56. The molecule has 2 heterocycles. The van der Waals surface area contributed by atoms with E-state index in [4.69, 9.17) is 14.2 Å². The zero-order valence-corrected chi connectivity index (χ0v) is 18.0. The fourth-order valence-electron chi connectivity index (χ4n) is 3.31. The minimum Gasteiger partial charge on any atom is -0.454 e. The summed E-state index contributed by atoms with van der Waals surface area (Å²) in [6.45, 7) is 4.89. The molecule has 0 fully saturated rings. The van der Waals surface area contributed by atoms with Gasteiger partial charge in [0, 0.05) is 43.4 Å². The van der Waals surface area contributed by atoms with Gasteiger partial charge in [0.15, 0.2) is 6.61 Å². The Morgan fingerprint density at radius 2 is 1.81 bits per heavy atom. The van der Waals surface area contributed by atoms with E-state index in [1.54, 1.807) is 31.4 Å². The lowest BCUT2D eigenvalue weighted by Gasteiger charge is -2.10. The lowest BCUT2D eigenvalue weighted by Crippen LogP contribution is -2.16. The van der Waals surface area contributed by atoms with E-state index in [-0.39, 0.29) is 23.8 Å². The van der Waals surface area contributed by atoms with Crippen LogP contribution in [0.25, 0.3) is 0 Å². The van der Waals surface area contributed by atoms with Crippen molar-refractivity contribution in [3.63, 3.8) is 0 Å². The maximum absolute atomic E-state index is 12.7. The number of carbonyl (C=O) groups excluding carboxylic acids is 2. The number of aryl methyl sites for hydroxylation is 1. The first-order chi connectivity index (χ1) is 15.0. The van der Waals surface area contributed by atoms with Gasteiger partial charge in [-0.25, -0.2) is 9.78 Å². The number of para-hydroxylation sites is 1. The molecule has 3 rings (SSSR count). The summed E-state index contributed by atoms with van der Waals surface area (Å²) in [7, 11) is 1.66. The van der Waals surface area contributed by atoms with Gasteiger partial charge >= 0.3 is 5.97 Å². The van der Waals surface area contributed by atoms with Crippen LogP contribution in [0.2, 0.25) is 0 Å². The number of rotatable bonds is 10. The van der Waals surface area contributed by atoms with Crippen molar-refractivity contribution in [2.24, 2.45) is 0 Å². The number of ether oxygens (including phenoxy) is 3. The Balaban J connectivity index is 1.66. The van der Waals surface area contributed by atoms with Crippen molar-refractivity contribution >= 4 is 11.8 Å². The van der Waals surface area contributed by atoms with Crippen molar-refractivity contribution in [1.29, 1.82) is 0 Å². The zero-order valence-electron chi connectivity index (χ0n) is 18.0. The predicted molar refractivity (Wildman–Crippen MR) is 116 cm³/mol. The van der Waals surface area contributed by atoms with Crippen molar-refractivity contribution in [2.75, 3.05) is 20.3 Å².